The van der Waals surface area contributed by atoms with Crippen LogP contribution in [0.25, 0.3) is 0 Å². The summed E-state index contributed by atoms with van der Waals surface area (Å²) in [5.41, 5.74) is 1.95. The highest BCUT2D eigenvalue weighted by atomic mass is 35.5. The number of rotatable bonds is 2. The lowest BCUT2D eigenvalue weighted by atomic mass is 10.1. The predicted molar refractivity (Wildman–Crippen MR) is 65.7 cm³/mol. The van der Waals surface area contributed by atoms with E-state index >= 15 is 0 Å². The Hall–Kier alpha value is -1.41. The summed E-state index contributed by atoms with van der Waals surface area (Å²) in [4.78, 5) is 4.06. The predicted octanol–water partition coefficient (Wildman–Crippen LogP) is 4.15. The molecule has 17 heavy (non-hydrogen) atoms. The Bertz CT molecular complexity index is 538. The van der Waals surface area contributed by atoms with Gasteiger partial charge in [-0.05, 0) is 41.5 Å². The highest BCUT2D eigenvalue weighted by molar-refractivity contribution is 6.29. The van der Waals surface area contributed by atoms with Crippen molar-refractivity contribution in [3.8, 4) is 0 Å². The maximum Gasteiger partial charge on any atom is 0.129 e. The van der Waals surface area contributed by atoms with Crippen molar-refractivity contribution in [2.24, 2.45) is 0 Å². The van der Waals surface area contributed by atoms with Gasteiger partial charge in [0.05, 0.1) is 0 Å². The van der Waals surface area contributed by atoms with E-state index < -0.39 is 0 Å². The van der Waals surface area contributed by atoms with Crippen LogP contribution in [0.2, 0.25) is 5.15 Å². The van der Waals surface area contributed by atoms with Crippen LogP contribution in [0.4, 0.5) is 4.39 Å². The largest absolute Gasteiger partial charge is 0.244 e. The van der Waals surface area contributed by atoms with Gasteiger partial charge in [-0.1, -0.05) is 35.9 Å². The smallest absolute Gasteiger partial charge is 0.129 e. The molecule has 0 N–H and O–H groups in total. The summed E-state index contributed by atoms with van der Waals surface area (Å²) < 4.78 is 13.6. The van der Waals surface area contributed by atoms with Gasteiger partial charge >= 0.3 is 0 Å². The number of nitrogens with zero attached hydrogens (tertiary/aromatic N) is 1. The number of pyridine rings is 1. The van der Waals surface area contributed by atoms with Gasteiger partial charge in [0.25, 0.3) is 0 Å². The summed E-state index contributed by atoms with van der Waals surface area (Å²) in [6.07, 6.45) is 2.78. The molecule has 0 spiro atoms. The standard InChI is InChI=1S/C14H11ClFN/c15-14-6-5-9(8-17-14)11-7-12(11)10-3-1-2-4-13(10)16/h1-6,8,11-12H,7H2/t11?,12-/m1/s1. The van der Waals surface area contributed by atoms with Gasteiger partial charge in [0, 0.05) is 6.20 Å². The maximum absolute atomic E-state index is 13.6. The summed E-state index contributed by atoms with van der Waals surface area (Å²) in [7, 11) is 0. The first-order valence-electron chi connectivity index (χ1n) is 5.61. The molecule has 0 radical (unpaired) electrons. The van der Waals surface area contributed by atoms with Crippen molar-refractivity contribution in [2.75, 3.05) is 0 Å². The van der Waals surface area contributed by atoms with Crippen LogP contribution in [-0.4, -0.2) is 4.98 Å². The van der Waals surface area contributed by atoms with Crippen molar-refractivity contribution in [1.82, 2.24) is 4.98 Å². The minimum Gasteiger partial charge on any atom is -0.244 e. The zero-order chi connectivity index (χ0) is 11.8. The lowest BCUT2D eigenvalue weighted by Crippen LogP contribution is -1.89. The van der Waals surface area contributed by atoms with Crippen LogP contribution < -0.4 is 0 Å². The molecule has 0 amide bonds. The third-order valence-corrected chi connectivity index (χ3v) is 3.50. The average molecular weight is 248 g/mol. The van der Waals surface area contributed by atoms with Gasteiger partial charge in [0.1, 0.15) is 11.0 Å². The Labute approximate surface area is 104 Å². The number of aromatic nitrogens is 1. The second-order valence-corrected chi connectivity index (χ2v) is 4.77. The molecule has 1 aliphatic carbocycles. The number of hydrogen-bond donors (Lipinski definition) is 0. The molecule has 0 saturated heterocycles. The maximum atomic E-state index is 13.6. The van der Waals surface area contributed by atoms with Crippen LogP contribution in [0.3, 0.4) is 0 Å². The summed E-state index contributed by atoms with van der Waals surface area (Å²) in [6.45, 7) is 0. The zero-order valence-corrected chi connectivity index (χ0v) is 9.86. The van der Waals surface area contributed by atoms with Crippen molar-refractivity contribution in [1.29, 1.82) is 0 Å². The van der Waals surface area contributed by atoms with Gasteiger partial charge in [-0.3, -0.25) is 0 Å². The molecule has 0 bridgehead atoms. The molecule has 1 saturated carbocycles. The third kappa shape index (κ3) is 2.05. The van der Waals surface area contributed by atoms with E-state index in [1.165, 1.54) is 6.07 Å². The highest BCUT2D eigenvalue weighted by Crippen LogP contribution is 2.54. The van der Waals surface area contributed by atoms with Crippen molar-refractivity contribution in [3.05, 3.63) is 64.7 Å². The second-order valence-electron chi connectivity index (χ2n) is 4.38. The van der Waals surface area contributed by atoms with Crippen molar-refractivity contribution < 1.29 is 4.39 Å². The molecule has 1 fully saturated rings. The topological polar surface area (TPSA) is 12.9 Å². The summed E-state index contributed by atoms with van der Waals surface area (Å²) in [5, 5.41) is 0.497. The van der Waals surface area contributed by atoms with Crippen LogP contribution in [-0.2, 0) is 0 Å². The van der Waals surface area contributed by atoms with Gasteiger partial charge in [-0.25, -0.2) is 9.37 Å². The fourth-order valence-electron chi connectivity index (χ4n) is 2.29. The summed E-state index contributed by atoms with van der Waals surface area (Å²) >= 11 is 5.74. The van der Waals surface area contributed by atoms with E-state index in [4.69, 9.17) is 11.6 Å². The third-order valence-electron chi connectivity index (χ3n) is 3.27. The molecule has 1 aliphatic rings. The van der Waals surface area contributed by atoms with Crippen LogP contribution in [0.15, 0.2) is 42.6 Å². The minimum absolute atomic E-state index is 0.109. The molecule has 1 unspecified atom stereocenters. The molecular weight excluding hydrogens is 237 g/mol. The van der Waals surface area contributed by atoms with E-state index in [0.29, 0.717) is 17.0 Å². The molecule has 1 aromatic heterocycles. The molecule has 1 nitrogen and oxygen atoms in total. The van der Waals surface area contributed by atoms with Gasteiger partial charge in [0.2, 0.25) is 0 Å². The van der Waals surface area contributed by atoms with E-state index in [1.54, 1.807) is 18.3 Å². The summed E-state index contributed by atoms with van der Waals surface area (Å²) in [5.74, 6) is 0.567. The van der Waals surface area contributed by atoms with Crippen molar-refractivity contribution in [2.45, 2.75) is 18.3 Å². The Kier molecular flexibility index (Phi) is 2.60. The van der Waals surface area contributed by atoms with E-state index in [1.807, 2.05) is 18.2 Å². The van der Waals surface area contributed by atoms with Gasteiger partial charge in [0.15, 0.2) is 0 Å². The van der Waals surface area contributed by atoms with Crippen LogP contribution in [0.5, 0.6) is 0 Å². The van der Waals surface area contributed by atoms with E-state index in [9.17, 15) is 4.39 Å². The number of benzene rings is 1. The molecule has 0 aliphatic heterocycles. The summed E-state index contributed by atoms with van der Waals surface area (Å²) in [6, 6.07) is 10.7. The van der Waals surface area contributed by atoms with Crippen LogP contribution in [0.1, 0.15) is 29.4 Å². The van der Waals surface area contributed by atoms with Gasteiger partial charge in [-0.2, -0.15) is 0 Å². The Morgan fingerprint density at radius 1 is 1.12 bits per heavy atom. The molecular formula is C14H11ClFN. The first-order valence-corrected chi connectivity index (χ1v) is 5.99. The monoisotopic (exact) mass is 247 g/mol. The Balaban J connectivity index is 1.83. The molecule has 3 heteroatoms. The Morgan fingerprint density at radius 2 is 1.94 bits per heavy atom. The van der Waals surface area contributed by atoms with Crippen molar-refractivity contribution in [3.63, 3.8) is 0 Å². The fraction of sp³-hybridized carbons (Fsp3) is 0.214. The SMILES string of the molecule is Fc1ccccc1[C@H]1CC1c1ccc(Cl)nc1. The van der Waals surface area contributed by atoms with Gasteiger partial charge in [-0.15, -0.1) is 0 Å². The first kappa shape index (κ1) is 10.7. The fourth-order valence-corrected chi connectivity index (χ4v) is 2.40. The Morgan fingerprint density at radius 3 is 2.65 bits per heavy atom. The molecule has 2 atom stereocenters. The highest BCUT2D eigenvalue weighted by Gasteiger charge is 2.40. The van der Waals surface area contributed by atoms with E-state index in [2.05, 4.69) is 4.98 Å². The zero-order valence-electron chi connectivity index (χ0n) is 9.11. The normalized spacial score (nSPS) is 22.5. The van der Waals surface area contributed by atoms with E-state index in [-0.39, 0.29) is 5.82 Å². The molecule has 2 aromatic rings. The molecule has 1 heterocycles. The average Bonchev–Trinajstić information content (AvgIpc) is 3.11. The van der Waals surface area contributed by atoms with Crippen LogP contribution in [0, 0.1) is 5.82 Å². The lowest BCUT2D eigenvalue weighted by molar-refractivity contribution is 0.609. The second kappa shape index (κ2) is 4.11. The first-order chi connectivity index (χ1) is 8.25. The molecule has 86 valence electrons. The number of hydrogen-bond acceptors (Lipinski definition) is 1. The minimum atomic E-state index is -0.109. The van der Waals surface area contributed by atoms with Gasteiger partial charge < -0.3 is 0 Å². The molecule has 1 aromatic carbocycles. The van der Waals surface area contributed by atoms with Crippen LogP contribution >= 0.6 is 11.6 Å². The molecule has 3 rings (SSSR count). The number of halogens is 2. The van der Waals surface area contributed by atoms with E-state index in [0.717, 1.165) is 17.5 Å². The lowest BCUT2D eigenvalue weighted by Gasteiger charge is -2.02. The van der Waals surface area contributed by atoms with Crippen molar-refractivity contribution >= 4 is 11.6 Å². The quantitative estimate of drug-likeness (QED) is 0.727.